The number of unbranched alkanes of at least 4 members (excludes halogenated alkanes) is 4. The molecule has 86 valence electrons. The van der Waals surface area contributed by atoms with E-state index in [1.807, 2.05) is 0 Å². The van der Waals surface area contributed by atoms with Gasteiger partial charge in [-0.15, -0.1) is 12.3 Å². The largest absolute Gasteiger partial charge is 0.388 e. The lowest BCUT2D eigenvalue weighted by Crippen LogP contribution is -2.08. The molecule has 1 nitrogen and oxygen atoms in total. The second kappa shape index (κ2) is 9.76. The van der Waals surface area contributed by atoms with E-state index in [1.165, 1.54) is 25.7 Å². The van der Waals surface area contributed by atoms with Crippen molar-refractivity contribution in [1.29, 1.82) is 0 Å². The van der Waals surface area contributed by atoms with Gasteiger partial charge < -0.3 is 5.11 Å². The summed E-state index contributed by atoms with van der Waals surface area (Å²) in [6, 6.07) is 0. The maximum Gasteiger partial charge on any atom is 0.0857 e. The van der Waals surface area contributed by atoms with Crippen molar-refractivity contribution in [3.63, 3.8) is 0 Å². The van der Waals surface area contributed by atoms with Crippen LogP contribution in [0.15, 0.2) is 30.5 Å². The van der Waals surface area contributed by atoms with Gasteiger partial charge in [0, 0.05) is 0 Å². The minimum Gasteiger partial charge on any atom is -0.388 e. The van der Waals surface area contributed by atoms with Crippen LogP contribution in [0.5, 0.6) is 0 Å². The lowest BCUT2D eigenvalue weighted by molar-refractivity contribution is 0.209. The van der Waals surface area contributed by atoms with Gasteiger partial charge in [-0.05, 0) is 24.8 Å². The van der Waals surface area contributed by atoms with Gasteiger partial charge in [-0.3, -0.25) is 0 Å². The number of rotatable bonds is 9. The van der Waals surface area contributed by atoms with Gasteiger partial charge in [-0.2, -0.15) is 0 Å². The summed E-state index contributed by atoms with van der Waals surface area (Å²) in [5, 5.41) is 9.70. The summed E-state index contributed by atoms with van der Waals surface area (Å²) in [6.45, 7) is 9.45. The van der Waals surface area contributed by atoms with Gasteiger partial charge in [-0.25, -0.2) is 0 Å². The molecule has 0 aromatic carbocycles. The minimum atomic E-state index is -0.425. The van der Waals surface area contributed by atoms with Crippen LogP contribution in [0, 0.1) is 0 Å². The Hall–Kier alpha value is -0.780. The zero-order valence-electron chi connectivity index (χ0n) is 9.97. The highest BCUT2D eigenvalue weighted by molar-refractivity contribution is 5.07. The molecule has 1 atom stereocenters. The first-order valence-corrected chi connectivity index (χ1v) is 5.94. The van der Waals surface area contributed by atoms with Gasteiger partial charge in [-0.1, -0.05) is 45.3 Å². The summed E-state index contributed by atoms with van der Waals surface area (Å²) in [7, 11) is 0. The molecule has 0 spiro atoms. The number of hydrogen-bond acceptors (Lipinski definition) is 1. The van der Waals surface area contributed by atoms with E-state index in [2.05, 4.69) is 25.8 Å². The van der Waals surface area contributed by atoms with Crippen molar-refractivity contribution in [3.05, 3.63) is 30.5 Å². The van der Waals surface area contributed by atoms with Crippen molar-refractivity contribution in [2.75, 3.05) is 0 Å². The van der Waals surface area contributed by atoms with E-state index in [-0.39, 0.29) is 0 Å². The fraction of sp³-hybridized carbons (Fsp3) is 0.643. The van der Waals surface area contributed by atoms with E-state index < -0.39 is 6.10 Å². The molecule has 0 saturated heterocycles. The summed E-state index contributed by atoms with van der Waals surface area (Å²) in [5.74, 6) is 0. The van der Waals surface area contributed by atoms with Crippen LogP contribution in [0.4, 0.5) is 0 Å². The molecule has 0 amide bonds. The van der Waals surface area contributed by atoms with Crippen molar-refractivity contribution in [2.24, 2.45) is 0 Å². The Bertz CT molecular complexity index is 211. The molecular formula is C14H24O. The summed E-state index contributed by atoms with van der Waals surface area (Å²) in [5.41, 5.74) is 3.78. The van der Waals surface area contributed by atoms with Gasteiger partial charge in [0.25, 0.3) is 0 Å². The quantitative estimate of drug-likeness (QED) is 0.345. The maximum atomic E-state index is 9.70. The molecular weight excluding hydrogens is 184 g/mol. The van der Waals surface area contributed by atoms with E-state index in [0.29, 0.717) is 6.42 Å². The average molecular weight is 208 g/mol. The van der Waals surface area contributed by atoms with Crippen LogP contribution in [0.3, 0.4) is 0 Å². The molecule has 0 bridgehead atoms. The molecule has 0 fully saturated rings. The second-order valence-electron chi connectivity index (χ2n) is 3.91. The molecule has 1 heteroatoms. The minimum absolute atomic E-state index is 0.425. The van der Waals surface area contributed by atoms with Crippen molar-refractivity contribution >= 4 is 0 Å². The highest BCUT2D eigenvalue weighted by Crippen LogP contribution is 2.15. The highest BCUT2D eigenvalue weighted by atomic mass is 16.3. The summed E-state index contributed by atoms with van der Waals surface area (Å²) < 4.78 is 0. The zero-order valence-corrected chi connectivity index (χ0v) is 9.97. The Morgan fingerprint density at radius 1 is 1.33 bits per heavy atom. The molecule has 0 saturated carbocycles. The Labute approximate surface area is 94.2 Å². The molecule has 0 heterocycles. The third-order valence-electron chi connectivity index (χ3n) is 2.57. The molecule has 0 aromatic rings. The first-order valence-electron chi connectivity index (χ1n) is 5.94. The highest BCUT2D eigenvalue weighted by Gasteiger charge is 2.07. The molecule has 1 unspecified atom stereocenters. The normalized spacial score (nSPS) is 11.9. The second-order valence-corrected chi connectivity index (χ2v) is 3.91. The predicted octanol–water partition coefficient (Wildman–Crippen LogP) is 4.00. The van der Waals surface area contributed by atoms with Gasteiger partial charge in [0.05, 0.1) is 6.10 Å². The third-order valence-corrected chi connectivity index (χ3v) is 2.57. The lowest BCUT2D eigenvalue weighted by Gasteiger charge is -2.10. The molecule has 0 aliphatic heterocycles. The van der Waals surface area contributed by atoms with Gasteiger partial charge in [0.2, 0.25) is 0 Å². The predicted molar refractivity (Wildman–Crippen MR) is 66.8 cm³/mol. The Morgan fingerprint density at radius 2 is 2.00 bits per heavy atom. The molecule has 0 aromatic heterocycles. The van der Waals surface area contributed by atoms with E-state index in [1.54, 1.807) is 6.08 Å². The number of aliphatic hydroxyl groups excluding tert-OH is 1. The summed E-state index contributed by atoms with van der Waals surface area (Å²) in [4.78, 5) is 0. The summed E-state index contributed by atoms with van der Waals surface area (Å²) in [6.07, 6.45) is 9.07. The first kappa shape index (κ1) is 14.2. The van der Waals surface area contributed by atoms with E-state index in [0.717, 1.165) is 18.4 Å². The van der Waals surface area contributed by atoms with Crippen LogP contribution < -0.4 is 0 Å². The first-order chi connectivity index (χ1) is 7.26. The number of hydrogen-bond donors (Lipinski definition) is 1. The van der Waals surface area contributed by atoms with Crippen LogP contribution in [0.25, 0.3) is 0 Å². The Kier molecular flexibility index (Phi) is 9.26. The van der Waals surface area contributed by atoms with Crippen molar-refractivity contribution in [2.45, 2.75) is 58.0 Å². The van der Waals surface area contributed by atoms with Crippen molar-refractivity contribution < 1.29 is 5.11 Å². The topological polar surface area (TPSA) is 20.2 Å². The lowest BCUT2D eigenvalue weighted by atomic mass is 10.0. The van der Waals surface area contributed by atoms with Gasteiger partial charge >= 0.3 is 0 Å². The van der Waals surface area contributed by atoms with Crippen molar-refractivity contribution in [1.82, 2.24) is 0 Å². The standard InChI is InChI=1S/C14H24O/c1-4-7-8-9-10-12-13(6-3)14(15)11-5-2/h5,14-15H,2-4,7-12H2,1H3. The van der Waals surface area contributed by atoms with Crippen LogP contribution in [-0.2, 0) is 0 Å². The molecule has 1 N–H and O–H groups in total. The van der Waals surface area contributed by atoms with Crippen molar-refractivity contribution in [3.8, 4) is 0 Å². The average Bonchev–Trinajstić information content (AvgIpc) is 2.23. The van der Waals surface area contributed by atoms with E-state index >= 15 is 0 Å². The van der Waals surface area contributed by atoms with Crippen LogP contribution in [0.2, 0.25) is 0 Å². The Morgan fingerprint density at radius 3 is 2.53 bits per heavy atom. The molecule has 0 aliphatic rings. The fourth-order valence-electron chi connectivity index (χ4n) is 1.59. The SMILES string of the molecule is C=C=C(CCCCCCC)C(O)CC=C. The van der Waals surface area contributed by atoms with Gasteiger partial charge in [0.15, 0.2) is 0 Å². The number of aliphatic hydroxyl groups is 1. The Balaban J connectivity index is 3.72. The maximum absolute atomic E-state index is 9.70. The van der Waals surface area contributed by atoms with E-state index in [9.17, 15) is 5.11 Å². The fourth-order valence-corrected chi connectivity index (χ4v) is 1.59. The van der Waals surface area contributed by atoms with Gasteiger partial charge in [0.1, 0.15) is 0 Å². The van der Waals surface area contributed by atoms with E-state index in [4.69, 9.17) is 0 Å². The monoisotopic (exact) mass is 208 g/mol. The van der Waals surface area contributed by atoms with Crippen LogP contribution in [-0.4, -0.2) is 11.2 Å². The molecule has 0 rings (SSSR count). The molecule has 0 aliphatic carbocycles. The summed E-state index contributed by atoms with van der Waals surface area (Å²) >= 11 is 0. The molecule has 0 radical (unpaired) electrons. The van der Waals surface area contributed by atoms with Crippen LogP contribution in [0.1, 0.15) is 51.9 Å². The smallest absolute Gasteiger partial charge is 0.0857 e. The zero-order chi connectivity index (χ0) is 11.5. The van der Waals surface area contributed by atoms with Crippen LogP contribution >= 0.6 is 0 Å². The third kappa shape index (κ3) is 7.18. The molecule has 15 heavy (non-hydrogen) atoms.